The minimum atomic E-state index is 0. The number of fused-ring (bicyclic) bond motifs is 1. The first-order valence-electron chi connectivity index (χ1n) is 7.54. The van der Waals surface area contributed by atoms with Crippen LogP contribution in [0.5, 0.6) is 11.5 Å². The standard InChI is InChI=1S/C16H20N4O2.HI/c17-7-6-16(4-5-16)11-19-15(18)20-12-2-3-13-14(10-12)22-9-1-8-21-13;/h2-3,10H,1,4-6,8-9,11H2,(H3,18,19,20);1H. The van der Waals surface area contributed by atoms with Crippen LogP contribution in [-0.4, -0.2) is 25.7 Å². The first-order chi connectivity index (χ1) is 10.7. The van der Waals surface area contributed by atoms with Crippen molar-refractivity contribution in [3.63, 3.8) is 0 Å². The largest absolute Gasteiger partial charge is 0.490 e. The molecule has 1 saturated carbocycles. The van der Waals surface area contributed by atoms with Gasteiger partial charge >= 0.3 is 0 Å². The maximum absolute atomic E-state index is 8.81. The van der Waals surface area contributed by atoms with Gasteiger partial charge in [0.1, 0.15) is 0 Å². The van der Waals surface area contributed by atoms with E-state index in [9.17, 15) is 0 Å². The molecule has 6 nitrogen and oxygen atoms in total. The van der Waals surface area contributed by atoms with Gasteiger partial charge in [-0.1, -0.05) is 0 Å². The average Bonchev–Trinajstić information content (AvgIpc) is 3.29. The summed E-state index contributed by atoms with van der Waals surface area (Å²) >= 11 is 0. The van der Waals surface area contributed by atoms with Gasteiger partial charge in [0.15, 0.2) is 17.5 Å². The highest BCUT2D eigenvalue weighted by Gasteiger charge is 2.42. The molecule has 23 heavy (non-hydrogen) atoms. The number of nitriles is 1. The molecule has 0 aromatic heterocycles. The van der Waals surface area contributed by atoms with Crippen LogP contribution in [-0.2, 0) is 0 Å². The quantitative estimate of drug-likeness (QED) is 0.437. The number of nitrogens with one attached hydrogen (secondary N) is 1. The summed E-state index contributed by atoms with van der Waals surface area (Å²) in [5.41, 5.74) is 6.80. The van der Waals surface area contributed by atoms with E-state index in [-0.39, 0.29) is 29.4 Å². The first-order valence-corrected chi connectivity index (χ1v) is 7.54. The van der Waals surface area contributed by atoms with E-state index in [1.165, 1.54) is 0 Å². The van der Waals surface area contributed by atoms with Gasteiger partial charge in [0, 0.05) is 36.6 Å². The molecule has 1 aromatic rings. The van der Waals surface area contributed by atoms with Crippen molar-refractivity contribution in [3.05, 3.63) is 18.2 Å². The van der Waals surface area contributed by atoms with Crippen LogP contribution >= 0.6 is 24.0 Å². The molecule has 2 aliphatic rings. The summed E-state index contributed by atoms with van der Waals surface area (Å²) in [6, 6.07) is 7.85. The van der Waals surface area contributed by atoms with Gasteiger partial charge < -0.3 is 20.5 Å². The van der Waals surface area contributed by atoms with Crippen LogP contribution in [0.2, 0.25) is 0 Å². The lowest BCUT2D eigenvalue weighted by Gasteiger charge is -2.12. The lowest BCUT2D eigenvalue weighted by molar-refractivity contribution is 0.297. The average molecular weight is 428 g/mol. The van der Waals surface area contributed by atoms with Crippen LogP contribution in [0.1, 0.15) is 25.7 Å². The normalized spacial score (nSPS) is 18.1. The smallest absolute Gasteiger partial charge is 0.193 e. The minimum Gasteiger partial charge on any atom is -0.490 e. The molecule has 1 aliphatic heterocycles. The van der Waals surface area contributed by atoms with Crippen molar-refractivity contribution in [1.29, 1.82) is 5.26 Å². The molecule has 3 rings (SSSR count). The fourth-order valence-electron chi connectivity index (χ4n) is 2.42. The molecule has 0 saturated heterocycles. The molecule has 7 heteroatoms. The fourth-order valence-corrected chi connectivity index (χ4v) is 2.42. The van der Waals surface area contributed by atoms with Crippen LogP contribution in [0.15, 0.2) is 23.2 Å². The first kappa shape index (κ1) is 17.7. The number of anilines is 1. The van der Waals surface area contributed by atoms with Crippen LogP contribution < -0.4 is 20.5 Å². The second-order valence-corrected chi connectivity index (χ2v) is 5.87. The molecule has 1 fully saturated rings. The van der Waals surface area contributed by atoms with Gasteiger partial charge in [0.2, 0.25) is 0 Å². The van der Waals surface area contributed by atoms with Crippen molar-refractivity contribution < 1.29 is 9.47 Å². The minimum absolute atomic E-state index is 0. The van der Waals surface area contributed by atoms with E-state index in [2.05, 4.69) is 16.4 Å². The van der Waals surface area contributed by atoms with Crippen molar-refractivity contribution in [2.45, 2.75) is 25.7 Å². The number of nitrogens with two attached hydrogens (primary N) is 1. The fraction of sp³-hybridized carbons (Fsp3) is 0.500. The third kappa shape index (κ3) is 4.64. The Bertz CT molecular complexity index is 623. The molecule has 0 bridgehead atoms. The molecule has 124 valence electrons. The van der Waals surface area contributed by atoms with Crippen molar-refractivity contribution >= 4 is 35.6 Å². The number of guanidine groups is 1. The number of hydrogen-bond donors (Lipinski definition) is 2. The maximum atomic E-state index is 8.81. The molecule has 1 aliphatic carbocycles. The highest BCUT2D eigenvalue weighted by Crippen LogP contribution is 2.48. The van der Waals surface area contributed by atoms with E-state index in [0.29, 0.717) is 32.1 Å². The van der Waals surface area contributed by atoms with Gasteiger partial charge in [-0.15, -0.1) is 24.0 Å². The third-order valence-corrected chi connectivity index (χ3v) is 4.02. The Hall–Kier alpha value is -1.69. The molecular weight excluding hydrogens is 407 g/mol. The predicted molar refractivity (Wildman–Crippen MR) is 99.5 cm³/mol. The van der Waals surface area contributed by atoms with Gasteiger partial charge in [-0.05, 0) is 25.0 Å². The number of nitrogens with zero attached hydrogens (tertiary/aromatic N) is 2. The number of aliphatic imine (C=N–C) groups is 1. The zero-order valence-corrected chi connectivity index (χ0v) is 15.2. The molecule has 0 radical (unpaired) electrons. The number of hydrogen-bond acceptors (Lipinski definition) is 4. The number of halogens is 1. The molecule has 0 amide bonds. The zero-order chi connectivity index (χ0) is 15.4. The summed E-state index contributed by atoms with van der Waals surface area (Å²) in [6.07, 6.45) is 3.54. The highest BCUT2D eigenvalue weighted by molar-refractivity contribution is 14.0. The summed E-state index contributed by atoms with van der Waals surface area (Å²) < 4.78 is 11.2. The van der Waals surface area contributed by atoms with Crippen LogP contribution in [0.3, 0.4) is 0 Å². The molecule has 1 aromatic carbocycles. The number of ether oxygens (including phenoxy) is 2. The van der Waals surface area contributed by atoms with E-state index in [4.69, 9.17) is 20.5 Å². The summed E-state index contributed by atoms with van der Waals surface area (Å²) in [5, 5.41) is 11.9. The van der Waals surface area contributed by atoms with Crippen molar-refractivity contribution in [2.75, 3.05) is 25.1 Å². The van der Waals surface area contributed by atoms with Crippen molar-refractivity contribution in [3.8, 4) is 17.6 Å². The van der Waals surface area contributed by atoms with E-state index in [1.54, 1.807) is 0 Å². The second kappa shape index (κ2) is 7.73. The summed E-state index contributed by atoms with van der Waals surface area (Å²) in [5.74, 6) is 1.83. The van der Waals surface area contributed by atoms with E-state index in [0.717, 1.165) is 36.4 Å². The number of rotatable bonds is 4. The predicted octanol–water partition coefficient (Wildman–Crippen LogP) is 2.89. The second-order valence-electron chi connectivity index (χ2n) is 5.87. The monoisotopic (exact) mass is 428 g/mol. The molecule has 0 unspecified atom stereocenters. The molecule has 3 N–H and O–H groups in total. The van der Waals surface area contributed by atoms with Gasteiger partial charge in [0.05, 0.1) is 19.3 Å². The Morgan fingerprint density at radius 3 is 2.74 bits per heavy atom. The van der Waals surface area contributed by atoms with Crippen LogP contribution in [0.4, 0.5) is 5.69 Å². The van der Waals surface area contributed by atoms with Gasteiger partial charge in [0.25, 0.3) is 0 Å². The Kier molecular flexibility index (Phi) is 5.93. The SMILES string of the molecule is I.N#CCC1(CN=C(N)Nc2ccc3c(c2)OCCCO3)CC1. The van der Waals surface area contributed by atoms with Gasteiger partial charge in [-0.25, -0.2) is 0 Å². The lowest BCUT2D eigenvalue weighted by atomic mass is 10.0. The molecule has 1 heterocycles. The maximum Gasteiger partial charge on any atom is 0.193 e. The zero-order valence-electron chi connectivity index (χ0n) is 12.9. The van der Waals surface area contributed by atoms with E-state index >= 15 is 0 Å². The Morgan fingerprint density at radius 1 is 1.30 bits per heavy atom. The lowest BCUT2D eigenvalue weighted by Crippen LogP contribution is -2.24. The van der Waals surface area contributed by atoms with E-state index < -0.39 is 0 Å². The Balaban J connectivity index is 0.00000192. The van der Waals surface area contributed by atoms with Crippen LogP contribution in [0.25, 0.3) is 0 Å². The molecule has 0 spiro atoms. The third-order valence-electron chi connectivity index (χ3n) is 4.02. The Labute approximate surface area is 153 Å². The summed E-state index contributed by atoms with van der Waals surface area (Å²) in [7, 11) is 0. The van der Waals surface area contributed by atoms with Gasteiger partial charge in [-0.2, -0.15) is 5.26 Å². The highest BCUT2D eigenvalue weighted by atomic mass is 127. The molecule has 0 atom stereocenters. The molecular formula is C16H21IN4O2. The topological polar surface area (TPSA) is 92.7 Å². The van der Waals surface area contributed by atoms with Crippen molar-refractivity contribution in [2.24, 2.45) is 16.1 Å². The Morgan fingerprint density at radius 2 is 2.04 bits per heavy atom. The van der Waals surface area contributed by atoms with Crippen LogP contribution in [0, 0.1) is 16.7 Å². The van der Waals surface area contributed by atoms with E-state index in [1.807, 2.05) is 18.2 Å². The van der Waals surface area contributed by atoms with Gasteiger partial charge in [-0.3, -0.25) is 4.99 Å². The summed E-state index contributed by atoms with van der Waals surface area (Å²) in [4.78, 5) is 4.36. The number of benzene rings is 1. The summed E-state index contributed by atoms with van der Waals surface area (Å²) in [6.45, 7) is 1.92. The van der Waals surface area contributed by atoms with Crippen molar-refractivity contribution in [1.82, 2.24) is 0 Å².